The number of aliphatic carboxylic acids is 1. The van der Waals surface area contributed by atoms with Gasteiger partial charge >= 0.3 is 5.97 Å². The smallest absolute Gasteiger partial charge is 0.313 e. The summed E-state index contributed by atoms with van der Waals surface area (Å²) in [5, 5.41) is 9.46. The first-order valence-electron chi connectivity index (χ1n) is 5.35. The molecule has 1 aromatic rings. The average Bonchev–Trinajstić information content (AvgIpc) is 2.57. The van der Waals surface area contributed by atoms with E-state index in [0.717, 1.165) is 10.9 Å². The largest absolute Gasteiger partial charge is 0.481 e. The van der Waals surface area contributed by atoms with Crippen LogP contribution in [0.3, 0.4) is 0 Å². The molecule has 0 amide bonds. The molecule has 0 aromatic carbocycles. The van der Waals surface area contributed by atoms with E-state index < -0.39 is 5.97 Å². The minimum absolute atomic E-state index is 0.0568. The molecule has 90 valence electrons. The van der Waals surface area contributed by atoms with Gasteiger partial charge in [0, 0.05) is 17.9 Å². The molecule has 0 spiro atoms. The van der Waals surface area contributed by atoms with Crippen molar-refractivity contribution in [3.05, 3.63) is 11.9 Å². The number of hydrogen-bond donors (Lipinski definition) is 1. The van der Waals surface area contributed by atoms with E-state index in [0.29, 0.717) is 12.0 Å². The van der Waals surface area contributed by atoms with Crippen LogP contribution in [0.5, 0.6) is 0 Å². The molecule has 1 heterocycles. The van der Waals surface area contributed by atoms with Crippen LogP contribution in [-0.2, 0) is 4.79 Å². The summed E-state index contributed by atoms with van der Waals surface area (Å²) in [4.78, 5) is 14.8. The normalized spacial score (nSPS) is 11.4. The second-order valence-electron chi connectivity index (χ2n) is 4.27. The SMILES string of the molecule is CC(C)c1cnc(SCC(=O)O)n1C(C)C. The number of nitrogens with zero attached hydrogens (tertiary/aromatic N) is 2. The van der Waals surface area contributed by atoms with Gasteiger partial charge in [-0.05, 0) is 19.8 Å². The molecule has 0 aliphatic heterocycles. The maximum atomic E-state index is 10.5. The molecule has 5 heteroatoms. The molecular formula is C11H18N2O2S. The van der Waals surface area contributed by atoms with Gasteiger partial charge in [-0.25, -0.2) is 4.98 Å². The lowest BCUT2D eigenvalue weighted by molar-refractivity contribution is -0.133. The minimum atomic E-state index is -0.811. The summed E-state index contributed by atoms with van der Waals surface area (Å²) in [6, 6.07) is 0.302. The Morgan fingerprint density at radius 2 is 2.12 bits per heavy atom. The van der Waals surface area contributed by atoms with Crippen LogP contribution in [0.2, 0.25) is 0 Å². The van der Waals surface area contributed by atoms with Gasteiger partial charge in [0.1, 0.15) is 0 Å². The first kappa shape index (κ1) is 13.1. The Morgan fingerprint density at radius 1 is 1.50 bits per heavy atom. The summed E-state index contributed by atoms with van der Waals surface area (Å²) >= 11 is 1.27. The molecule has 1 aromatic heterocycles. The molecule has 0 aliphatic carbocycles. The number of carbonyl (C=O) groups is 1. The van der Waals surface area contributed by atoms with E-state index in [1.807, 2.05) is 6.20 Å². The molecule has 0 saturated carbocycles. The average molecular weight is 242 g/mol. The summed E-state index contributed by atoms with van der Waals surface area (Å²) in [5.41, 5.74) is 1.16. The first-order chi connectivity index (χ1) is 7.43. The van der Waals surface area contributed by atoms with Crippen LogP contribution < -0.4 is 0 Å². The van der Waals surface area contributed by atoms with Crippen molar-refractivity contribution in [3.63, 3.8) is 0 Å². The van der Waals surface area contributed by atoms with Crippen molar-refractivity contribution in [2.24, 2.45) is 0 Å². The van der Waals surface area contributed by atoms with E-state index in [2.05, 4.69) is 37.2 Å². The van der Waals surface area contributed by atoms with Crippen molar-refractivity contribution in [1.29, 1.82) is 0 Å². The van der Waals surface area contributed by atoms with Crippen LogP contribution in [0.1, 0.15) is 45.3 Å². The summed E-state index contributed by atoms with van der Waals surface area (Å²) < 4.78 is 2.11. The topological polar surface area (TPSA) is 55.1 Å². The number of thioether (sulfide) groups is 1. The molecule has 4 nitrogen and oxygen atoms in total. The van der Waals surface area contributed by atoms with Gasteiger partial charge in [-0.2, -0.15) is 0 Å². The Balaban J connectivity index is 2.96. The monoisotopic (exact) mass is 242 g/mol. The van der Waals surface area contributed by atoms with E-state index in [1.165, 1.54) is 11.8 Å². The van der Waals surface area contributed by atoms with Crippen LogP contribution in [-0.4, -0.2) is 26.4 Å². The molecule has 0 atom stereocenters. The molecule has 0 bridgehead atoms. The quantitative estimate of drug-likeness (QED) is 0.807. The van der Waals surface area contributed by atoms with E-state index in [1.54, 1.807) is 0 Å². The van der Waals surface area contributed by atoms with E-state index in [9.17, 15) is 4.79 Å². The fourth-order valence-electron chi connectivity index (χ4n) is 1.54. The Morgan fingerprint density at radius 3 is 2.56 bits per heavy atom. The fraction of sp³-hybridized carbons (Fsp3) is 0.636. The van der Waals surface area contributed by atoms with Gasteiger partial charge in [0.2, 0.25) is 0 Å². The summed E-state index contributed by atoms with van der Waals surface area (Å²) in [7, 11) is 0. The van der Waals surface area contributed by atoms with Gasteiger partial charge in [0.25, 0.3) is 0 Å². The van der Waals surface area contributed by atoms with Gasteiger partial charge in [-0.15, -0.1) is 0 Å². The Hall–Kier alpha value is -0.970. The Kier molecular flexibility index (Phi) is 4.41. The molecule has 16 heavy (non-hydrogen) atoms. The lowest BCUT2D eigenvalue weighted by Gasteiger charge is -2.16. The number of imidazole rings is 1. The molecule has 1 rings (SSSR count). The number of rotatable bonds is 5. The lowest BCUT2D eigenvalue weighted by atomic mass is 10.1. The predicted molar refractivity (Wildman–Crippen MR) is 65.1 cm³/mol. The maximum Gasteiger partial charge on any atom is 0.313 e. The third kappa shape index (κ3) is 3.01. The highest BCUT2D eigenvalue weighted by Crippen LogP contribution is 2.26. The number of carboxylic acid groups (broad SMARTS) is 1. The van der Waals surface area contributed by atoms with Crippen LogP contribution in [0.15, 0.2) is 11.4 Å². The zero-order chi connectivity index (χ0) is 12.3. The molecular weight excluding hydrogens is 224 g/mol. The Labute approximate surface area is 100 Å². The number of aromatic nitrogens is 2. The predicted octanol–water partition coefficient (Wildman–Crippen LogP) is 2.76. The highest BCUT2D eigenvalue weighted by Gasteiger charge is 2.16. The standard InChI is InChI=1S/C11H18N2O2S/c1-7(2)9-5-12-11(13(9)8(3)4)16-6-10(14)15/h5,7-8H,6H2,1-4H3,(H,14,15). The number of carboxylic acids is 1. The maximum absolute atomic E-state index is 10.5. The second-order valence-corrected chi connectivity index (χ2v) is 5.21. The molecule has 0 fully saturated rings. The molecule has 1 N–H and O–H groups in total. The van der Waals surface area contributed by atoms with Crippen LogP contribution in [0.4, 0.5) is 0 Å². The van der Waals surface area contributed by atoms with Crippen molar-refractivity contribution in [2.75, 3.05) is 5.75 Å². The van der Waals surface area contributed by atoms with Crippen molar-refractivity contribution >= 4 is 17.7 Å². The summed E-state index contributed by atoms with van der Waals surface area (Å²) in [6.07, 6.45) is 1.84. The van der Waals surface area contributed by atoms with Crippen molar-refractivity contribution < 1.29 is 9.90 Å². The first-order valence-corrected chi connectivity index (χ1v) is 6.33. The number of hydrogen-bond acceptors (Lipinski definition) is 3. The van der Waals surface area contributed by atoms with Crippen molar-refractivity contribution in [1.82, 2.24) is 9.55 Å². The molecule has 0 unspecified atom stereocenters. The van der Waals surface area contributed by atoms with Gasteiger partial charge in [0.05, 0.1) is 5.75 Å². The second kappa shape index (κ2) is 5.39. The highest BCUT2D eigenvalue weighted by molar-refractivity contribution is 7.99. The third-order valence-electron chi connectivity index (χ3n) is 2.22. The van der Waals surface area contributed by atoms with Crippen molar-refractivity contribution in [3.8, 4) is 0 Å². The van der Waals surface area contributed by atoms with Crippen molar-refractivity contribution in [2.45, 2.75) is 44.8 Å². The molecule has 0 aliphatic rings. The summed E-state index contributed by atoms with van der Waals surface area (Å²) in [5.74, 6) is -0.357. The lowest BCUT2D eigenvalue weighted by Crippen LogP contribution is -2.09. The van der Waals surface area contributed by atoms with Gasteiger partial charge < -0.3 is 9.67 Å². The Bertz CT molecular complexity index is 372. The van der Waals surface area contributed by atoms with E-state index in [-0.39, 0.29) is 5.75 Å². The zero-order valence-electron chi connectivity index (χ0n) is 10.1. The minimum Gasteiger partial charge on any atom is -0.481 e. The fourth-order valence-corrected chi connectivity index (χ4v) is 2.37. The van der Waals surface area contributed by atoms with E-state index >= 15 is 0 Å². The molecule has 0 radical (unpaired) electrons. The van der Waals surface area contributed by atoms with Crippen LogP contribution in [0, 0.1) is 0 Å². The van der Waals surface area contributed by atoms with E-state index in [4.69, 9.17) is 5.11 Å². The highest BCUT2D eigenvalue weighted by atomic mass is 32.2. The molecule has 0 saturated heterocycles. The van der Waals surface area contributed by atoms with Crippen LogP contribution >= 0.6 is 11.8 Å². The third-order valence-corrected chi connectivity index (χ3v) is 3.18. The zero-order valence-corrected chi connectivity index (χ0v) is 10.9. The van der Waals surface area contributed by atoms with Gasteiger partial charge in [-0.1, -0.05) is 25.6 Å². The van der Waals surface area contributed by atoms with Gasteiger partial charge in [-0.3, -0.25) is 4.79 Å². The van der Waals surface area contributed by atoms with Crippen LogP contribution in [0.25, 0.3) is 0 Å². The van der Waals surface area contributed by atoms with Gasteiger partial charge in [0.15, 0.2) is 5.16 Å². The summed E-state index contributed by atoms with van der Waals surface area (Å²) in [6.45, 7) is 8.39.